The van der Waals surface area contributed by atoms with Crippen LogP contribution in [0.3, 0.4) is 0 Å². The third kappa shape index (κ3) is 2.82. The van der Waals surface area contributed by atoms with Gasteiger partial charge in [0.25, 0.3) is 0 Å². The number of nitrogens with zero attached hydrogens (tertiary/aromatic N) is 1. The molecule has 1 rings (SSSR count). The lowest BCUT2D eigenvalue weighted by molar-refractivity contribution is -0.158. The Balaban J connectivity index is 3.02. The zero-order valence-electron chi connectivity index (χ0n) is 8.25. The first-order valence-corrected chi connectivity index (χ1v) is 5.53. The molecular formula is C8H9F3N2OS2. The SMILES string of the molecule is Cc1csc(=O)n1CC(C(N)=S)C(F)(F)F. The van der Waals surface area contributed by atoms with E-state index in [2.05, 4.69) is 12.2 Å². The number of thiocarbonyl (C=S) groups is 1. The summed E-state index contributed by atoms with van der Waals surface area (Å²) >= 11 is 5.22. The monoisotopic (exact) mass is 270 g/mol. The Morgan fingerprint density at radius 3 is 2.56 bits per heavy atom. The second kappa shape index (κ2) is 4.54. The van der Waals surface area contributed by atoms with Crippen molar-refractivity contribution in [1.29, 1.82) is 0 Å². The van der Waals surface area contributed by atoms with Gasteiger partial charge in [0.1, 0.15) is 5.92 Å². The van der Waals surface area contributed by atoms with Crippen molar-refractivity contribution in [2.45, 2.75) is 19.6 Å². The van der Waals surface area contributed by atoms with E-state index in [1.165, 1.54) is 5.38 Å². The molecule has 3 nitrogen and oxygen atoms in total. The summed E-state index contributed by atoms with van der Waals surface area (Å²) in [7, 11) is 0. The van der Waals surface area contributed by atoms with Crippen molar-refractivity contribution < 1.29 is 13.2 Å². The molecule has 0 saturated heterocycles. The predicted octanol–water partition coefficient (Wildman–Crippen LogP) is 1.68. The summed E-state index contributed by atoms with van der Waals surface area (Å²) in [6, 6.07) is 0. The molecule has 0 saturated carbocycles. The van der Waals surface area contributed by atoms with E-state index in [0.717, 1.165) is 15.9 Å². The summed E-state index contributed by atoms with van der Waals surface area (Å²) in [5, 5.41) is 1.50. The molecule has 8 heteroatoms. The van der Waals surface area contributed by atoms with E-state index >= 15 is 0 Å². The molecule has 0 aliphatic rings. The van der Waals surface area contributed by atoms with Crippen LogP contribution >= 0.6 is 23.6 Å². The van der Waals surface area contributed by atoms with Gasteiger partial charge in [-0.15, -0.1) is 0 Å². The van der Waals surface area contributed by atoms with Gasteiger partial charge < -0.3 is 10.3 Å². The van der Waals surface area contributed by atoms with Crippen molar-refractivity contribution in [3.05, 3.63) is 20.7 Å². The fourth-order valence-electron chi connectivity index (χ4n) is 1.16. The summed E-state index contributed by atoms with van der Waals surface area (Å²) in [6.45, 7) is 1.01. The molecule has 1 heterocycles. The first-order valence-electron chi connectivity index (χ1n) is 4.24. The fourth-order valence-corrected chi connectivity index (χ4v) is 2.12. The van der Waals surface area contributed by atoms with E-state index in [-0.39, 0.29) is 0 Å². The number of alkyl halides is 3. The minimum atomic E-state index is -4.53. The molecule has 0 aliphatic carbocycles. The van der Waals surface area contributed by atoms with Gasteiger partial charge >= 0.3 is 11.0 Å². The normalized spacial score (nSPS) is 13.8. The highest BCUT2D eigenvalue weighted by Crippen LogP contribution is 2.28. The maximum absolute atomic E-state index is 12.5. The van der Waals surface area contributed by atoms with Gasteiger partial charge in [0.2, 0.25) is 0 Å². The Morgan fingerprint density at radius 2 is 2.25 bits per heavy atom. The minimum Gasteiger partial charge on any atom is -0.393 e. The smallest absolute Gasteiger partial charge is 0.393 e. The van der Waals surface area contributed by atoms with Crippen LogP contribution in [0.25, 0.3) is 0 Å². The molecule has 1 unspecified atom stereocenters. The Bertz CT molecular complexity index is 449. The van der Waals surface area contributed by atoms with Crippen LogP contribution in [0.2, 0.25) is 0 Å². The molecule has 90 valence electrons. The number of rotatable bonds is 3. The predicted molar refractivity (Wildman–Crippen MR) is 59.6 cm³/mol. The number of halogens is 3. The zero-order valence-corrected chi connectivity index (χ0v) is 9.88. The van der Waals surface area contributed by atoms with Crippen molar-refractivity contribution in [3.8, 4) is 0 Å². The number of thiazole rings is 1. The van der Waals surface area contributed by atoms with E-state index in [9.17, 15) is 18.0 Å². The Hall–Kier alpha value is -0.890. The topological polar surface area (TPSA) is 48.0 Å². The van der Waals surface area contributed by atoms with Crippen molar-refractivity contribution in [2.75, 3.05) is 0 Å². The van der Waals surface area contributed by atoms with Crippen molar-refractivity contribution in [1.82, 2.24) is 4.57 Å². The summed E-state index contributed by atoms with van der Waals surface area (Å²) in [4.78, 5) is 10.2. The molecular weight excluding hydrogens is 261 g/mol. The first kappa shape index (κ1) is 13.2. The molecule has 1 aromatic rings. The maximum Gasteiger partial charge on any atom is 0.399 e. The number of aryl methyl sites for hydroxylation is 1. The van der Waals surface area contributed by atoms with Gasteiger partial charge in [-0.25, -0.2) is 0 Å². The van der Waals surface area contributed by atoms with Crippen LogP contribution in [-0.4, -0.2) is 15.7 Å². The second-order valence-corrected chi connectivity index (χ2v) is 4.54. The van der Waals surface area contributed by atoms with Crippen LogP contribution in [0, 0.1) is 12.8 Å². The molecule has 0 aliphatic heterocycles. The van der Waals surface area contributed by atoms with Gasteiger partial charge in [-0.05, 0) is 6.92 Å². The molecule has 0 amide bonds. The Kier molecular flexibility index (Phi) is 3.74. The van der Waals surface area contributed by atoms with Gasteiger partial charge in [-0.1, -0.05) is 23.6 Å². The van der Waals surface area contributed by atoms with Crippen LogP contribution in [0.4, 0.5) is 13.2 Å². The Morgan fingerprint density at radius 1 is 1.69 bits per heavy atom. The van der Waals surface area contributed by atoms with Crippen LogP contribution in [0.1, 0.15) is 5.69 Å². The van der Waals surface area contributed by atoms with E-state index in [4.69, 9.17) is 5.73 Å². The average Bonchev–Trinajstić information content (AvgIpc) is 2.40. The molecule has 0 bridgehead atoms. The van der Waals surface area contributed by atoms with Gasteiger partial charge in [-0.2, -0.15) is 13.2 Å². The van der Waals surface area contributed by atoms with Crippen molar-refractivity contribution >= 4 is 28.5 Å². The molecule has 2 N–H and O–H groups in total. The lowest BCUT2D eigenvalue weighted by Gasteiger charge is -2.19. The largest absolute Gasteiger partial charge is 0.399 e. The van der Waals surface area contributed by atoms with Gasteiger partial charge in [-0.3, -0.25) is 4.79 Å². The van der Waals surface area contributed by atoms with Crippen molar-refractivity contribution in [2.24, 2.45) is 11.7 Å². The molecule has 1 atom stereocenters. The molecule has 0 radical (unpaired) electrons. The highest BCUT2D eigenvalue weighted by atomic mass is 32.1. The molecule has 0 aromatic carbocycles. The highest BCUT2D eigenvalue weighted by molar-refractivity contribution is 7.80. The zero-order chi connectivity index (χ0) is 12.5. The number of nitrogens with two attached hydrogens (primary N) is 1. The van der Waals surface area contributed by atoms with Crippen LogP contribution in [0.5, 0.6) is 0 Å². The third-order valence-electron chi connectivity index (χ3n) is 2.08. The molecule has 0 spiro atoms. The lowest BCUT2D eigenvalue weighted by atomic mass is 10.1. The minimum absolute atomic E-state index is 0.442. The number of aromatic nitrogens is 1. The van der Waals surface area contributed by atoms with E-state index in [0.29, 0.717) is 5.69 Å². The first-order chi connectivity index (χ1) is 7.23. The number of hydrogen-bond acceptors (Lipinski definition) is 3. The highest BCUT2D eigenvalue weighted by Gasteiger charge is 2.42. The van der Waals surface area contributed by atoms with Gasteiger partial charge in [0.05, 0.1) is 4.99 Å². The van der Waals surface area contributed by atoms with E-state index < -0.39 is 28.5 Å². The summed E-state index contributed by atoms with van der Waals surface area (Å²) in [5.74, 6) is -1.96. The standard InChI is InChI=1S/C8H9F3N2OS2/c1-4-3-16-7(14)13(4)2-5(6(12)15)8(9,10)11/h3,5H,2H2,1H3,(H2,12,15). The van der Waals surface area contributed by atoms with Crippen LogP contribution < -0.4 is 10.6 Å². The third-order valence-corrected chi connectivity index (χ3v) is 3.25. The van der Waals surface area contributed by atoms with Crippen LogP contribution in [-0.2, 0) is 6.54 Å². The van der Waals surface area contributed by atoms with Crippen LogP contribution in [0.15, 0.2) is 10.2 Å². The van der Waals surface area contributed by atoms with Gasteiger partial charge in [0.15, 0.2) is 0 Å². The molecule has 0 fully saturated rings. The summed E-state index contributed by atoms with van der Waals surface area (Å²) in [6.07, 6.45) is -4.53. The Labute approximate surface area is 98.7 Å². The van der Waals surface area contributed by atoms with Crippen molar-refractivity contribution in [3.63, 3.8) is 0 Å². The second-order valence-electron chi connectivity index (χ2n) is 3.25. The lowest BCUT2D eigenvalue weighted by Crippen LogP contribution is -2.39. The molecule has 1 aromatic heterocycles. The number of hydrogen-bond donors (Lipinski definition) is 1. The average molecular weight is 270 g/mol. The van der Waals surface area contributed by atoms with E-state index in [1.807, 2.05) is 0 Å². The van der Waals surface area contributed by atoms with E-state index in [1.54, 1.807) is 6.92 Å². The quantitative estimate of drug-likeness (QED) is 0.850. The maximum atomic E-state index is 12.5. The molecule has 16 heavy (non-hydrogen) atoms. The fraction of sp³-hybridized carbons (Fsp3) is 0.500. The van der Waals surface area contributed by atoms with Gasteiger partial charge in [0, 0.05) is 17.6 Å². The summed E-state index contributed by atoms with van der Waals surface area (Å²) < 4.78 is 38.7. The summed E-state index contributed by atoms with van der Waals surface area (Å²) in [5.41, 5.74) is 5.51.